The molecule has 0 saturated carbocycles. The number of ether oxygens (including phenoxy) is 5. The van der Waals surface area contributed by atoms with Gasteiger partial charge in [-0.25, -0.2) is 4.79 Å². The van der Waals surface area contributed by atoms with Crippen LogP contribution in [0, 0.1) is 17.8 Å². The molecule has 2 saturated heterocycles. The first-order valence-corrected chi connectivity index (χ1v) is 28.6. The molecule has 1 amide bonds. The monoisotopic (exact) mass is 1160 g/mol. The fourth-order valence-electron chi connectivity index (χ4n) is 10.9. The standard InChI is InChI=1S/C63H86N2O18/c1-38-22-16-14-12-10-8-6-7-9-11-13-15-17-23-45(82-61-60(75)57(59(74)41(4)81-61)65-62(76)79-37-51-48-26-20-18-24-46(48)47-25-19-21-27-49(47)51)33-55-50(36-64-78-5)54(71)35-63(77,83-55)34-44(68)31-53(70)52(69)29-28-42(66)30-43(67)32-56(72)80-40(3)39(2)58(38)73/h6-27,36,38-45,50-55,57-61,66-71,73-75,77H,28-35,37H2,1-5H3,(H,65,76)/b7-6+,10-8+,11-9+,14-12+,15-13+,22-16+,23-17+,64-36+/t38-,39-,40-,41+,42+,43+,44-,45-,50+,52+,53+,54-,55-,57-,58+,59+,60-,61-,63+/m0/s1. The molecule has 1 aliphatic carbocycles. The number of fused-ring (bicyclic) bond motifs is 5. The Bertz CT molecular complexity index is 2560. The molecule has 2 aromatic rings. The summed E-state index contributed by atoms with van der Waals surface area (Å²) in [7, 11) is 1.30. The van der Waals surface area contributed by atoms with Gasteiger partial charge in [0.1, 0.15) is 32.0 Å². The molecule has 2 aromatic carbocycles. The van der Waals surface area contributed by atoms with Gasteiger partial charge in [0.05, 0.1) is 85.6 Å². The van der Waals surface area contributed by atoms with Gasteiger partial charge in [-0.05, 0) is 55.4 Å². The van der Waals surface area contributed by atoms with E-state index in [2.05, 4.69) is 10.5 Å². The van der Waals surface area contributed by atoms with Gasteiger partial charge in [0.2, 0.25) is 0 Å². The number of alkyl carbamates (subject to hydrolysis) is 1. The van der Waals surface area contributed by atoms with Gasteiger partial charge in [0, 0.05) is 43.4 Å². The van der Waals surface area contributed by atoms with Gasteiger partial charge in [0.25, 0.3) is 0 Å². The SMILES string of the molecule is CO/N=C/[C@H]1[C@@H]2C[C@@H](O[C@@H]3O[C@H](C)[C@@H](O)[C@H](NC(=O)OCC4c5ccccc5-c5ccccc54)[C@@H]3O)/C=C/C=C/C=C/C=C/C=C/C=C/C=C/[C@H](C)[C@@H](O)[C@@H](C)[C@H](C)OC(=O)C[C@H](O)C[C@H](O)CC[C@@H](O)[C@H](O)C[C@H](O)C[C@](O)(C[C@@H]1O)O2. The molecule has 0 unspecified atom stereocenters. The molecule has 3 aliphatic heterocycles. The smallest absolute Gasteiger partial charge is 0.407 e. The van der Waals surface area contributed by atoms with Crippen molar-refractivity contribution in [3.05, 3.63) is 145 Å². The van der Waals surface area contributed by atoms with Crippen molar-refractivity contribution < 1.29 is 89.2 Å². The van der Waals surface area contributed by atoms with Crippen LogP contribution in [0.4, 0.5) is 4.79 Å². The molecule has 3 heterocycles. The van der Waals surface area contributed by atoms with E-state index in [1.165, 1.54) is 13.3 Å². The zero-order valence-electron chi connectivity index (χ0n) is 47.8. The second-order valence-electron chi connectivity index (χ2n) is 22.1. The number of oxime groups is 1. The van der Waals surface area contributed by atoms with Gasteiger partial charge in [0.15, 0.2) is 12.1 Å². The van der Waals surface area contributed by atoms with Gasteiger partial charge < -0.3 is 84.9 Å². The minimum absolute atomic E-state index is 0.0256. The maximum Gasteiger partial charge on any atom is 0.407 e. The summed E-state index contributed by atoms with van der Waals surface area (Å²) in [6.45, 7) is 6.76. The summed E-state index contributed by atoms with van der Waals surface area (Å²) in [5.74, 6) is -4.90. The van der Waals surface area contributed by atoms with Crippen LogP contribution in [-0.4, -0.2) is 181 Å². The van der Waals surface area contributed by atoms with Gasteiger partial charge in [-0.2, -0.15) is 0 Å². The zero-order chi connectivity index (χ0) is 60.2. The summed E-state index contributed by atoms with van der Waals surface area (Å²) < 4.78 is 30.1. The van der Waals surface area contributed by atoms with Crippen LogP contribution in [0.15, 0.2) is 139 Å². The first kappa shape index (κ1) is 66.4. The molecule has 4 aliphatic rings. The van der Waals surface area contributed by atoms with E-state index in [4.69, 9.17) is 28.5 Å². The first-order chi connectivity index (χ1) is 39.7. The molecule has 456 valence electrons. The summed E-state index contributed by atoms with van der Waals surface area (Å²) in [4.78, 5) is 31.2. The molecule has 0 spiro atoms. The van der Waals surface area contributed by atoms with Crippen LogP contribution in [0.25, 0.3) is 11.1 Å². The maximum atomic E-state index is 13.5. The van der Waals surface area contributed by atoms with Gasteiger partial charge >= 0.3 is 12.1 Å². The molecular weight excluding hydrogens is 1070 g/mol. The van der Waals surface area contributed by atoms with Crippen LogP contribution >= 0.6 is 0 Å². The lowest BCUT2D eigenvalue weighted by Gasteiger charge is -2.45. The zero-order valence-corrected chi connectivity index (χ0v) is 47.8. The Morgan fingerprint density at radius 3 is 1.88 bits per heavy atom. The lowest BCUT2D eigenvalue weighted by atomic mass is 9.83. The van der Waals surface area contributed by atoms with Crippen LogP contribution in [-0.2, 0) is 33.3 Å². The lowest BCUT2D eigenvalue weighted by molar-refractivity contribution is -0.304. The summed E-state index contributed by atoms with van der Waals surface area (Å²) in [5.41, 5.74) is 4.07. The van der Waals surface area contributed by atoms with Crippen molar-refractivity contribution in [3.63, 3.8) is 0 Å². The van der Waals surface area contributed by atoms with Crippen LogP contribution in [0.5, 0.6) is 0 Å². The quantitative estimate of drug-likeness (QED) is 0.100. The number of carbonyl (C=O) groups is 2. The van der Waals surface area contributed by atoms with Gasteiger partial charge in [-0.3, -0.25) is 4.79 Å². The van der Waals surface area contributed by atoms with Crippen molar-refractivity contribution in [1.82, 2.24) is 5.32 Å². The Morgan fingerprint density at radius 2 is 1.27 bits per heavy atom. The highest BCUT2D eigenvalue weighted by Crippen LogP contribution is 2.45. The fourth-order valence-corrected chi connectivity index (χ4v) is 10.9. The molecule has 2 fully saturated rings. The number of allylic oxidation sites excluding steroid dienone is 12. The van der Waals surface area contributed by atoms with Crippen molar-refractivity contribution in [3.8, 4) is 11.1 Å². The summed E-state index contributed by atoms with van der Waals surface area (Å²) >= 11 is 0. The molecule has 2 bridgehead atoms. The minimum Gasteiger partial charge on any atom is -0.462 e. The van der Waals surface area contributed by atoms with Crippen molar-refractivity contribution >= 4 is 18.3 Å². The highest BCUT2D eigenvalue weighted by molar-refractivity contribution is 5.79. The number of benzene rings is 2. The van der Waals surface area contributed by atoms with E-state index in [1.807, 2.05) is 98.0 Å². The Balaban J connectivity index is 1.20. The largest absolute Gasteiger partial charge is 0.462 e. The van der Waals surface area contributed by atoms with Crippen molar-refractivity contribution in [1.29, 1.82) is 0 Å². The maximum absolute atomic E-state index is 13.5. The number of nitrogens with one attached hydrogen (secondary N) is 1. The van der Waals surface area contributed by atoms with E-state index >= 15 is 0 Å². The Kier molecular flexibility index (Phi) is 26.1. The molecule has 0 aromatic heterocycles. The van der Waals surface area contributed by atoms with E-state index in [0.29, 0.717) is 0 Å². The fraction of sp³-hybridized carbons (Fsp3) is 0.540. The van der Waals surface area contributed by atoms with Crippen LogP contribution < -0.4 is 5.32 Å². The molecule has 20 heteroatoms. The number of amides is 1. The van der Waals surface area contributed by atoms with Crippen molar-refractivity contribution in [2.24, 2.45) is 22.9 Å². The Morgan fingerprint density at radius 1 is 0.675 bits per heavy atom. The van der Waals surface area contributed by atoms with Crippen molar-refractivity contribution in [2.75, 3.05) is 13.7 Å². The predicted octanol–water partition coefficient (Wildman–Crippen LogP) is 4.84. The normalized spacial score (nSPS) is 38.7. The van der Waals surface area contributed by atoms with E-state index in [9.17, 15) is 60.7 Å². The summed E-state index contributed by atoms with van der Waals surface area (Å²) in [5, 5.41) is 119. The predicted molar refractivity (Wildman–Crippen MR) is 309 cm³/mol. The topological polar surface area (TPSA) is 316 Å². The molecule has 83 heavy (non-hydrogen) atoms. The number of nitrogens with zero attached hydrogens (tertiary/aromatic N) is 1. The Labute approximate surface area is 486 Å². The molecule has 19 atom stereocenters. The molecule has 20 nitrogen and oxygen atoms in total. The third-order valence-electron chi connectivity index (χ3n) is 15.7. The molecule has 0 radical (unpaired) electrons. The number of aliphatic hydroxyl groups excluding tert-OH is 9. The summed E-state index contributed by atoms with van der Waals surface area (Å²) in [6, 6.07) is 14.4. The Hall–Kier alpha value is -5.69. The third-order valence-corrected chi connectivity index (χ3v) is 15.7. The van der Waals surface area contributed by atoms with Crippen LogP contribution in [0.3, 0.4) is 0 Å². The van der Waals surface area contributed by atoms with Crippen LogP contribution in [0.1, 0.15) is 96.1 Å². The number of hydrogen-bond acceptors (Lipinski definition) is 19. The average molecular weight is 1160 g/mol. The second kappa shape index (κ2) is 32.6. The number of cyclic esters (lactones) is 1. The first-order valence-electron chi connectivity index (χ1n) is 28.6. The van der Waals surface area contributed by atoms with E-state index in [-0.39, 0.29) is 44.1 Å². The highest BCUT2D eigenvalue weighted by atomic mass is 16.7. The second-order valence-corrected chi connectivity index (χ2v) is 22.1. The minimum atomic E-state index is -2.23. The lowest BCUT2D eigenvalue weighted by Crippen LogP contribution is -2.64. The average Bonchev–Trinajstić information content (AvgIpc) is 3.82. The van der Waals surface area contributed by atoms with Crippen molar-refractivity contribution in [2.45, 2.75) is 182 Å². The number of hydrogen-bond donors (Lipinski definition) is 11. The molecule has 11 N–H and O–H groups in total. The number of rotatable bonds is 7. The van der Waals surface area contributed by atoms with E-state index in [1.54, 1.807) is 63.3 Å². The highest BCUT2D eigenvalue weighted by Gasteiger charge is 2.49. The summed E-state index contributed by atoms with van der Waals surface area (Å²) in [6.07, 6.45) is 5.04. The third kappa shape index (κ3) is 19.7. The number of aliphatic hydroxyl groups is 10. The van der Waals surface area contributed by atoms with Gasteiger partial charge in [-0.1, -0.05) is 153 Å². The van der Waals surface area contributed by atoms with E-state index in [0.717, 1.165) is 22.3 Å². The van der Waals surface area contributed by atoms with E-state index < -0.39 is 147 Å². The number of esters is 1. The van der Waals surface area contributed by atoms with Crippen LogP contribution in [0.2, 0.25) is 0 Å². The molecular formula is C63H86N2O18. The van der Waals surface area contributed by atoms with Gasteiger partial charge in [-0.15, -0.1) is 0 Å². The number of carbonyl (C=O) groups excluding carboxylic acids is 2. The molecule has 6 rings (SSSR count).